The molecule has 0 aliphatic rings. The molecule has 6 aromatic rings. The van der Waals surface area contributed by atoms with E-state index in [9.17, 15) is 10.2 Å². The first-order chi connectivity index (χ1) is 21.1. The largest absolute Gasteiger partial charge is 0.504 e. The number of ether oxygens (including phenoxy) is 1. The zero-order valence-corrected chi connectivity index (χ0v) is 23.5. The average molecular weight is 559 g/mol. The third-order valence-electron chi connectivity index (χ3n) is 7.16. The van der Waals surface area contributed by atoms with E-state index in [-0.39, 0.29) is 23.0 Å². The first kappa shape index (κ1) is 27.4. The summed E-state index contributed by atoms with van der Waals surface area (Å²) in [7, 11) is 0. The Labute approximate surface area is 251 Å². The van der Waals surface area contributed by atoms with Crippen molar-refractivity contribution in [3.05, 3.63) is 168 Å². The van der Waals surface area contributed by atoms with Crippen molar-refractivity contribution < 1.29 is 14.9 Å². The second-order valence-electron chi connectivity index (χ2n) is 10.2. The van der Waals surface area contributed by atoms with E-state index in [0.717, 1.165) is 44.5 Å². The third-order valence-corrected chi connectivity index (χ3v) is 7.16. The summed E-state index contributed by atoms with van der Waals surface area (Å²) in [6.07, 6.45) is 8.32. The minimum Gasteiger partial charge on any atom is -0.504 e. The fourth-order valence-corrected chi connectivity index (χ4v) is 4.76. The Morgan fingerprint density at radius 1 is 0.349 bits per heavy atom. The van der Waals surface area contributed by atoms with Gasteiger partial charge in [-0.05, 0) is 68.8 Å². The smallest absolute Gasteiger partial charge is 0.169 e. The number of hydrogen-bond acceptors (Lipinski definition) is 3. The molecule has 2 N–H and O–H groups in total. The molecule has 0 saturated heterocycles. The van der Waals surface area contributed by atoms with Gasteiger partial charge in [-0.15, -0.1) is 0 Å². The monoisotopic (exact) mass is 558 g/mol. The van der Waals surface area contributed by atoms with Crippen LogP contribution in [0.15, 0.2) is 146 Å². The molecule has 0 bridgehead atoms. The summed E-state index contributed by atoms with van der Waals surface area (Å²) in [5.41, 5.74) is 8.22. The number of hydrogen-bond donors (Lipinski definition) is 2. The van der Waals surface area contributed by atoms with E-state index in [1.54, 1.807) is 24.3 Å². The molecule has 0 unspecified atom stereocenters. The minimum atomic E-state index is -0.00877. The first-order valence-corrected chi connectivity index (χ1v) is 14.1. The van der Waals surface area contributed by atoms with E-state index in [1.807, 2.05) is 72.8 Å². The van der Waals surface area contributed by atoms with Gasteiger partial charge in [0.2, 0.25) is 0 Å². The fraction of sp³-hybridized carbons (Fsp3) is 0. The van der Waals surface area contributed by atoms with Crippen molar-refractivity contribution in [2.75, 3.05) is 0 Å². The van der Waals surface area contributed by atoms with Gasteiger partial charge in [-0.25, -0.2) is 0 Å². The van der Waals surface area contributed by atoms with Crippen molar-refractivity contribution in [3.63, 3.8) is 0 Å². The summed E-state index contributed by atoms with van der Waals surface area (Å²) < 4.78 is 6.06. The van der Waals surface area contributed by atoms with Gasteiger partial charge in [0.05, 0.1) is 0 Å². The lowest BCUT2D eigenvalue weighted by Gasteiger charge is -2.13. The molecule has 0 radical (unpaired) electrons. The number of phenols is 2. The predicted octanol–water partition coefficient (Wildman–Crippen LogP) is 10.6. The van der Waals surface area contributed by atoms with Crippen LogP contribution >= 0.6 is 0 Å². The van der Waals surface area contributed by atoms with Crippen LogP contribution in [-0.4, -0.2) is 10.2 Å². The molecule has 6 aromatic carbocycles. The highest BCUT2D eigenvalue weighted by atomic mass is 16.5. The number of aromatic hydroxyl groups is 2. The van der Waals surface area contributed by atoms with Crippen molar-refractivity contribution in [2.24, 2.45) is 0 Å². The molecule has 0 aliphatic heterocycles. The van der Waals surface area contributed by atoms with Crippen LogP contribution < -0.4 is 4.74 Å². The lowest BCUT2D eigenvalue weighted by molar-refractivity contribution is 0.385. The number of benzene rings is 6. The molecule has 0 saturated carbocycles. The lowest BCUT2D eigenvalue weighted by atomic mass is 10.0. The summed E-state index contributed by atoms with van der Waals surface area (Å²) in [5, 5.41) is 21.2. The van der Waals surface area contributed by atoms with Crippen molar-refractivity contribution in [3.8, 4) is 45.3 Å². The van der Waals surface area contributed by atoms with Crippen LogP contribution in [0.25, 0.3) is 46.6 Å². The fourth-order valence-electron chi connectivity index (χ4n) is 4.76. The molecule has 0 spiro atoms. The van der Waals surface area contributed by atoms with E-state index in [1.165, 1.54) is 0 Å². The molecule has 3 heteroatoms. The molecule has 0 amide bonds. The molecule has 3 nitrogen and oxygen atoms in total. The average Bonchev–Trinajstić information content (AvgIpc) is 3.06. The highest BCUT2D eigenvalue weighted by Crippen LogP contribution is 2.40. The molecule has 6 rings (SSSR count). The summed E-state index contributed by atoms with van der Waals surface area (Å²) in [6, 6.07) is 47.2. The Hall–Kier alpha value is -5.80. The van der Waals surface area contributed by atoms with Crippen LogP contribution in [0.4, 0.5) is 0 Å². The van der Waals surface area contributed by atoms with Gasteiger partial charge >= 0.3 is 0 Å². The highest BCUT2D eigenvalue weighted by Gasteiger charge is 2.12. The van der Waals surface area contributed by atoms with Gasteiger partial charge in [0, 0.05) is 0 Å². The normalized spacial score (nSPS) is 11.3. The lowest BCUT2D eigenvalue weighted by Crippen LogP contribution is -1.89. The molecule has 0 atom stereocenters. The van der Waals surface area contributed by atoms with Crippen molar-refractivity contribution in [1.29, 1.82) is 0 Å². The van der Waals surface area contributed by atoms with E-state index < -0.39 is 0 Å². The Morgan fingerprint density at radius 2 is 0.674 bits per heavy atom. The van der Waals surface area contributed by atoms with Crippen LogP contribution in [-0.2, 0) is 0 Å². The molecule has 0 aliphatic carbocycles. The summed E-state index contributed by atoms with van der Waals surface area (Å²) in [5.74, 6) is 0.509. The Bertz CT molecular complexity index is 1730. The van der Waals surface area contributed by atoms with Crippen molar-refractivity contribution in [1.82, 2.24) is 0 Å². The van der Waals surface area contributed by atoms with Crippen LogP contribution in [0.2, 0.25) is 0 Å². The Balaban J connectivity index is 1.18. The maximum atomic E-state index is 10.6. The SMILES string of the molecule is Oc1ccc(-c2ccc(/C=C/c3ccccc3)cc2)cc1Oc1cc(-c2ccc(/C=C/c3ccccc3)cc2)ccc1O. The van der Waals surface area contributed by atoms with E-state index in [4.69, 9.17) is 4.74 Å². The van der Waals surface area contributed by atoms with Crippen LogP contribution in [0.3, 0.4) is 0 Å². The highest BCUT2D eigenvalue weighted by molar-refractivity contribution is 5.75. The van der Waals surface area contributed by atoms with Gasteiger partial charge in [-0.1, -0.05) is 146 Å². The second kappa shape index (κ2) is 12.8. The van der Waals surface area contributed by atoms with Crippen LogP contribution in [0.5, 0.6) is 23.0 Å². The minimum absolute atomic E-state index is 0.00877. The molecular formula is C40H30O3. The quantitative estimate of drug-likeness (QED) is 0.183. The third kappa shape index (κ3) is 6.92. The Morgan fingerprint density at radius 3 is 1.05 bits per heavy atom. The molecule has 43 heavy (non-hydrogen) atoms. The summed E-state index contributed by atoms with van der Waals surface area (Å²) in [6.45, 7) is 0. The maximum absolute atomic E-state index is 10.6. The summed E-state index contributed by atoms with van der Waals surface area (Å²) >= 11 is 0. The Kier molecular flexibility index (Phi) is 8.15. The van der Waals surface area contributed by atoms with E-state index in [2.05, 4.69) is 72.8 Å². The van der Waals surface area contributed by atoms with Crippen molar-refractivity contribution in [2.45, 2.75) is 0 Å². The van der Waals surface area contributed by atoms with Crippen LogP contribution in [0, 0.1) is 0 Å². The zero-order valence-electron chi connectivity index (χ0n) is 23.5. The molecule has 208 valence electrons. The maximum Gasteiger partial charge on any atom is 0.169 e. The standard InChI is InChI=1S/C40H30O3/c41-37-25-23-35(33-19-15-31(16-20-33)13-11-29-7-3-1-4-8-29)27-39(37)43-40-28-36(24-26-38(40)42)34-21-17-32(18-22-34)14-12-30-9-5-2-6-10-30/h1-28,41-42H/b13-11+,14-12+. The van der Waals surface area contributed by atoms with Gasteiger partial charge in [0.1, 0.15) is 0 Å². The van der Waals surface area contributed by atoms with Crippen molar-refractivity contribution >= 4 is 24.3 Å². The van der Waals surface area contributed by atoms with Gasteiger partial charge in [0.15, 0.2) is 23.0 Å². The predicted molar refractivity (Wildman–Crippen MR) is 178 cm³/mol. The molecule has 0 fully saturated rings. The summed E-state index contributed by atoms with van der Waals surface area (Å²) in [4.78, 5) is 0. The number of rotatable bonds is 8. The van der Waals surface area contributed by atoms with Gasteiger partial charge in [-0.2, -0.15) is 0 Å². The first-order valence-electron chi connectivity index (χ1n) is 14.1. The van der Waals surface area contributed by atoms with E-state index in [0.29, 0.717) is 0 Å². The molecular weight excluding hydrogens is 528 g/mol. The molecule has 0 heterocycles. The van der Waals surface area contributed by atoms with Crippen LogP contribution in [0.1, 0.15) is 22.3 Å². The van der Waals surface area contributed by atoms with Gasteiger partial charge < -0.3 is 14.9 Å². The number of phenolic OH excluding ortho intramolecular Hbond substituents is 2. The van der Waals surface area contributed by atoms with Gasteiger partial charge in [0.25, 0.3) is 0 Å². The van der Waals surface area contributed by atoms with Gasteiger partial charge in [-0.3, -0.25) is 0 Å². The molecule has 0 aromatic heterocycles. The zero-order chi connectivity index (χ0) is 29.4. The topological polar surface area (TPSA) is 49.7 Å². The van der Waals surface area contributed by atoms with E-state index >= 15 is 0 Å². The second-order valence-corrected chi connectivity index (χ2v) is 10.2.